The molecular weight excluding hydrogens is 352 g/mol. The third kappa shape index (κ3) is 5.86. The van der Waals surface area contributed by atoms with Crippen molar-refractivity contribution in [2.24, 2.45) is 11.5 Å². The normalized spacial score (nSPS) is 11.6. The van der Waals surface area contributed by atoms with Crippen LogP contribution in [-0.2, 0) is 18.0 Å². The molecule has 0 saturated heterocycles. The van der Waals surface area contributed by atoms with E-state index in [1.165, 1.54) is 0 Å². The molecule has 0 saturated carbocycles. The smallest absolute Gasteiger partial charge is 0.219 e. The molecule has 1 unspecified atom stereocenters. The Kier molecular flexibility index (Phi) is 6.65. The summed E-state index contributed by atoms with van der Waals surface area (Å²) < 4.78 is 11.9. The Balaban J connectivity index is 1.77. The van der Waals surface area contributed by atoms with Gasteiger partial charge in [0.1, 0.15) is 24.7 Å². The Morgan fingerprint density at radius 2 is 1.25 bits per heavy atom. The van der Waals surface area contributed by atoms with Gasteiger partial charge >= 0.3 is 0 Å². The minimum absolute atomic E-state index is 0.0558. The van der Waals surface area contributed by atoms with Crippen molar-refractivity contribution in [2.45, 2.75) is 25.7 Å². The van der Waals surface area contributed by atoms with E-state index in [9.17, 15) is 4.79 Å². The molecule has 0 aliphatic rings. The quantitative estimate of drug-likeness (QED) is 0.596. The van der Waals surface area contributed by atoms with Gasteiger partial charge in [0.25, 0.3) is 0 Å². The summed E-state index contributed by atoms with van der Waals surface area (Å²) in [6.07, 6.45) is 0.0558. The summed E-state index contributed by atoms with van der Waals surface area (Å²) in [6.45, 7) is 0.848. The zero-order chi connectivity index (χ0) is 19.8. The van der Waals surface area contributed by atoms with Crippen LogP contribution in [0.25, 0.3) is 0 Å². The van der Waals surface area contributed by atoms with Gasteiger partial charge < -0.3 is 20.9 Å². The molecule has 28 heavy (non-hydrogen) atoms. The van der Waals surface area contributed by atoms with Crippen LogP contribution in [0, 0.1) is 0 Å². The highest BCUT2D eigenvalue weighted by molar-refractivity contribution is 5.74. The zero-order valence-electron chi connectivity index (χ0n) is 15.6. The molecule has 0 spiro atoms. The lowest BCUT2D eigenvalue weighted by molar-refractivity contribution is -0.118. The molecule has 1 atom stereocenters. The number of hydrogen-bond donors (Lipinski definition) is 2. The van der Waals surface area contributed by atoms with Crippen LogP contribution in [0.15, 0.2) is 78.9 Å². The second-order valence-corrected chi connectivity index (χ2v) is 6.56. The van der Waals surface area contributed by atoms with E-state index in [-0.39, 0.29) is 6.42 Å². The first-order chi connectivity index (χ1) is 13.6. The van der Waals surface area contributed by atoms with E-state index in [0.717, 1.165) is 16.7 Å². The van der Waals surface area contributed by atoms with Gasteiger partial charge in [-0.1, -0.05) is 60.7 Å². The molecular formula is C23H24N2O3. The summed E-state index contributed by atoms with van der Waals surface area (Å²) in [4.78, 5) is 11.3. The lowest BCUT2D eigenvalue weighted by atomic mass is 10.0. The van der Waals surface area contributed by atoms with Gasteiger partial charge in [0.2, 0.25) is 5.91 Å². The average Bonchev–Trinajstić information content (AvgIpc) is 2.72. The summed E-state index contributed by atoms with van der Waals surface area (Å²) in [5, 5.41) is 0. The van der Waals surface area contributed by atoms with Crippen LogP contribution in [0.4, 0.5) is 0 Å². The second kappa shape index (κ2) is 9.58. The lowest BCUT2D eigenvalue weighted by Gasteiger charge is -2.16. The van der Waals surface area contributed by atoms with Crippen molar-refractivity contribution >= 4 is 5.91 Å². The first-order valence-electron chi connectivity index (χ1n) is 9.12. The Morgan fingerprint density at radius 3 is 1.68 bits per heavy atom. The van der Waals surface area contributed by atoms with E-state index in [4.69, 9.17) is 20.9 Å². The molecule has 5 nitrogen and oxygen atoms in total. The average molecular weight is 376 g/mol. The third-order valence-corrected chi connectivity index (χ3v) is 4.25. The van der Waals surface area contributed by atoms with E-state index in [2.05, 4.69) is 0 Å². The van der Waals surface area contributed by atoms with Crippen LogP contribution in [0.2, 0.25) is 0 Å². The standard InChI is InChI=1S/C23H24N2O3/c24-22(14-23(25)26)19-11-20(27-15-17-7-3-1-4-8-17)13-21(12-19)28-16-18-9-5-2-6-10-18/h1-13,22H,14-16,24H2,(H2,25,26). The molecule has 0 aliphatic carbocycles. The minimum atomic E-state index is -0.517. The molecule has 4 N–H and O–H groups in total. The molecule has 3 rings (SSSR count). The summed E-state index contributed by atoms with van der Waals surface area (Å²) in [6, 6.07) is 24.7. The van der Waals surface area contributed by atoms with Gasteiger partial charge in [0, 0.05) is 18.5 Å². The molecule has 0 heterocycles. The molecule has 1 amide bonds. The maximum atomic E-state index is 11.3. The number of hydrogen-bond acceptors (Lipinski definition) is 4. The van der Waals surface area contributed by atoms with Crippen molar-refractivity contribution in [1.29, 1.82) is 0 Å². The van der Waals surface area contributed by atoms with Gasteiger partial charge in [0.15, 0.2) is 0 Å². The van der Waals surface area contributed by atoms with Crippen LogP contribution in [0.3, 0.4) is 0 Å². The van der Waals surface area contributed by atoms with Crippen LogP contribution in [-0.4, -0.2) is 5.91 Å². The van der Waals surface area contributed by atoms with Crippen LogP contribution in [0.5, 0.6) is 11.5 Å². The topological polar surface area (TPSA) is 87.6 Å². The Morgan fingerprint density at radius 1 is 0.786 bits per heavy atom. The Bertz CT molecular complexity index is 836. The Hall–Kier alpha value is -3.31. The molecule has 0 radical (unpaired) electrons. The second-order valence-electron chi connectivity index (χ2n) is 6.56. The summed E-state index contributed by atoms with van der Waals surface area (Å²) in [5.74, 6) is 0.809. The number of benzene rings is 3. The number of carbonyl (C=O) groups is 1. The fourth-order valence-electron chi connectivity index (χ4n) is 2.79. The predicted molar refractivity (Wildman–Crippen MR) is 109 cm³/mol. The van der Waals surface area contributed by atoms with Crippen molar-refractivity contribution < 1.29 is 14.3 Å². The Labute approximate surface area is 164 Å². The van der Waals surface area contributed by atoms with Gasteiger partial charge in [-0.3, -0.25) is 4.79 Å². The van der Waals surface area contributed by atoms with E-state index < -0.39 is 11.9 Å². The molecule has 144 valence electrons. The predicted octanol–water partition coefficient (Wildman–Crippen LogP) is 3.72. The number of ether oxygens (including phenoxy) is 2. The fraction of sp³-hybridized carbons (Fsp3) is 0.174. The van der Waals surface area contributed by atoms with E-state index in [1.54, 1.807) is 0 Å². The maximum Gasteiger partial charge on any atom is 0.219 e. The van der Waals surface area contributed by atoms with Crippen molar-refractivity contribution in [1.82, 2.24) is 0 Å². The molecule has 5 heteroatoms. The molecule has 0 fully saturated rings. The van der Waals surface area contributed by atoms with Crippen molar-refractivity contribution in [3.63, 3.8) is 0 Å². The van der Waals surface area contributed by atoms with Crippen molar-refractivity contribution in [3.05, 3.63) is 95.6 Å². The van der Waals surface area contributed by atoms with Gasteiger partial charge in [-0.05, 0) is 28.8 Å². The highest BCUT2D eigenvalue weighted by atomic mass is 16.5. The van der Waals surface area contributed by atoms with Gasteiger partial charge in [-0.15, -0.1) is 0 Å². The van der Waals surface area contributed by atoms with E-state index in [0.29, 0.717) is 24.7 Å². The minimum Gasteiger partial charge on any atom is -0.489 e. The highest BCUT2D eigenvalue weighted by Gasteiger charge is 2.13. The van der Waals surface area contributed by atoms with Crippen LogP contribution >= 0.6 is 0 Å². The number of carbonyl (C=O) groups excluding carboxylic acids is 1. The first kappa shape index (κ1) is 19.5. The molecule has 3 aromatic carbocycles. The summed E-state index contributed by atoms with van der Waals surface area (Å²) >= 11 is 0. The highest BCUT2D eigenvalue weighted by Crippen LogP contribution is 2.28. The third-order valence-electron chi connectivity index (χ3n) is 4.25. The van der Waals surface area contributed by atoms with Gasteiger partial charge in [0.05, 0.1) is 0 Å². The number of amides is 1. The van der Waals surface area contributed by atoms with Crippen LogP contribution in [0.1, 0.15) is 29.2 Å². The molecule has 0 bridgehead atoms. The fourth-order valence-corrected chi connectivity index (χ4v) is 2.79. The van der Waals surface area contributed by atoms with Crippen molar-refractivity contribution in [3.8, 4) is 11.5 Å². The monoisotopic (exact) mass is 376 g/mol. The summed E-state index contributed by atoms with van der Waals surface area (Å²) in [7, 11) is 0. The van der Waals surface area contributed by atoms with Gasteiger partial charge in [-0.25, -0.2) is 0 Å². The maximum absolute atomic E-state index is 11.3. The molecule has 0 aromatic heterocycles. The van der Waals surface area contributed by atoms with Crippen LogP contribution < -0.4 is 20.9 Å². The number of nitrogens with two attached hydrogens (primary N) is 2. The van der Waals surface area contributed by atoms with Gasteiger partial charge in [-0.2, -0.15) is 0 Å². The zero-order valence-corrected chi connectivity index (χ0v) is 15.6. The summed E-state index contributed by atoms with van der Waals surface area (Å²) in [5.41, 5.74) is 14.3. The number of primary amides is 1. The van der Waals surface area contributed by atoms with E-state index in [1.807, 2.05) is 78.9 Å². The first-order valence-corrected chi connectivity index (χ1v) is 9.12. The van der Waals surface area contributed by atoms with E-state index >= 15 is 0 Å². The molecule has 0 aliphatic heterocycles. The number of rotatable bonds is 9. The van der Waals surface area contributed by atoms with Crippen molar-refractivity contribution in [2.75, 3.05) is 0 Å². The molecule has 3 aromatic rings. The lowest BCUT2D eigenvalue weighted by Crippen LogP contribution is -2.20. The largest absolute Gasteiger partial charge is 0.489 e. The SMILES string of the molecule is NC(=O)CC(N)c1cc(OCc2ccccc2)cc(OCc2ccccc2)c1.